The fourth-order valence-electron chi connectivity index (χ4n) is 4.87. The van der Waals surface area contributed by atoms with Crippen molar-refractivity contribution in [2.75, 3.05) is 6.61 Å². The summed E-state index contributed by atoms with van der Waals surface area (Å²) in [6.07, 6.45) is 14.6. The molecule has 2 aromatic carbocycles. The molecule has 1 aliphatic carbocycles. The maximum Gasteiger partial charge on any atom is 0.201 e. The number of aryl methyl sites for hydroxylation is 1. The first-order valence-corrected chi connectivity index (χ1v) is 12.8. The number of ether oxygens (including phenoxy) is 1. The van der Waals surface area contributed by atoms with Gasteiger partial charge in [-0.05, 0) is 60.8 Å². The minimum Gasteiger partial charge on any atom is -0.490 e. The molecule has 0 bridgehead atoms. The van der Waals surface area contributed by atoms with Crippen LogP contribution in [0, 0.1) is 23.5 Å². The quantitative estimate of drug-likeness (QED) is 0.298. The smallest absolute Gasteiger partial charge is 0.201 e. The summed E-state index contributed by atoms with van der Waals surface area (Å²) in [7, 11) is 0. The number of benzene rings is 2. The highest BCUT2D eigenvalue weighted by Gasteiger charge is 2.22. The van der Waals surface area contributed by atoms with Crippen molar-refractivity contribution >= 4 is 0 Å². The van der Waals surface area contributed by atoms with Gasteiger partial charge in [0.15, 0.2) is 11.6 Å². The molecule has 0 heterocycles. The first kappa shape index (κ1) is 24.7. The van der Waals surface area contributed by atoms with Crippen LogP contribution in [-0.2, 0) is 6.42 Å². The van der Waals surface area contributed by atoms with Crippen LogP contribution >= 0.6 is 0 Å². The van der Waals surface area contributed by atoms with Gasteiger partial charge >= 0.3 is 0 Å². The fraction of sp³-hybridized carbons (Fsp3) is 0.586. The van der Waals surface area contributed by atoms with Crippen LogP contribution in [0.15, 0.2) is 36.4 Å². The van der Waals surface area contributed by atoms with Gasteiger partial charge in [0.05, 0.1) is 6.61 Å². The molecule has 2 aromatic rings. The van der Waals surface area contributed by atoms with E-state index in [0.29, 0.717) is 23.7 Å². The van der Waals surface area contributed by atoms with Gasteiger partial charge in [0.1, 0.15) is 0 Å². The molecule has 176 valence electrons. The lowest BCUT2D eigenvalue weighted by molar-refractivity contribution is 0.172. The predicted octanol–water partition coefficient (Wildman–Crippen LogP) is 9.13. The average molecular weight is 443 g/mol. The van der Waals surface area contributed by atoms with E-state index in [1.807, 2.05) is 24.3 Å². The van der Waals surface area contributed by atoms with Gasteiger partial charge in [-0.15, -0.1) is 0 Å². The Morgan fingerprint density at radius 2 is 1.41 bits per heavy atom. The molecule has 1 saturated carbocycles. The maximum atomic E-state index is 14.8. The average Bonchev–Trinajstić information content (AvgIpc) is 2.82. The summed E-state index contributed by atoms with van der Waals surface area (Å²) in [6.45, 7) is 4.91. The van der Waals surface area contributed by atoms with E-state index in [4.69, 9.17) is 4.74 Å². The van der Waals surface area contributed by atoms with Crippen LogP contribution < -0.4 is 4.74 Å². The Hall–Kier alpha value is -1.90. The lowest BCUT2D eigenvalue weighted by Crippen LogP contribution is -2.20. The second kappa shape index (κ2) is 13.0. The summed E-state index contributed by atoms with van der Waals surface area (Å²) < 4.78 is 35.3. The highest BCUT2D eigenvalue weighted by Crippen LogP contribution is 2.34. The van der Waals surface area contributed by atoms with Gasteiger partial charge in [-0.2, -0.15) is 4.39 Å². The summed E-state index contributed by atoms with van der Waals surface area (Å²) in [4.78, 5) is 0. The molecule has 0 atom stereocenters. The van der Waals surface area contributed by atoms with Crippen molar-refractivity contribution in [2.24, 2.45) is 11.8 Å². The molecule has 0 saturated heterocycles. The second-order valence-electron chi connectivity index (χ2n) is 9.59. The Morgan fingerprint density at radius 3 is 2.09 bits per heavy atom. The lowest BCUT2D eigenvalue weighted by Gasteiger charge is -2.28. The van der Waals surface area contributed by atoms with Crippen LogP contribution in [0.25, 0.3) is 11.1 Å². The van der Waals surface area contributed by atoms with E-state index in [1.54, 1.807) is 12.1 Å². The van der Waals surface area contributed by atoms with Crippen molar-refractivity contribution < 1.29 is 13.5 Å². The highest BCUT2D eigenvalue weighted by molar-refractivity contribution is 5.65. The third-order valence-electron chi connectivity index (χ3n) is 7.04. The zero-order valence-electron chi connectivity index (χ0n) is 20.0. The van der Waals surface area contributed by atoms with E-state index in [1.165, 1.54) is 56.9 Å². The van der Waals surface area contributed by atoms with Crippen LogP contribution in [0.3, 0.4) is 0 Å². The first-order valence-electron chi connectivity index (χ1n) is 12.8. The molecule has 0 unspecified atom stereocenters. The van der Waals surface area contributed by atoms with Crippen LogP contribution in [0.2, 0.25) is 0 Å². The monoisotopic (exact) mass is 442 g/mol. The van der Waals surface area contributed by atoms with Crippen molar-refractivity contribution in [3.05, 3.63) is 53.6 Å². The minimum atomic E-state index is -0.872. The SMILES string of the molecule is CCCCCc1ccc(-c2ccc(OC[C@H]3CC[C@H](CCCCC)CC3)c(F)c2F)cc1. The summed E-state index contributed by atoms with van der Waals surface area (Å²) >= 11 is 0. The molecule has 0 aliphatic heterocycles. The number of unbranched alkanes of at least 4 members (excludes halogenated alkanes) is 4. The topological polar surface area (TPSA) is 9.23 Å². The summed E-state index contributed by atoms with van der Waals surface area (Å²) in [5.74, 6) is -0.375. The van der Waals surface area contributed by atoms with Crippen LogP contribution in [-0.4, -0.2) is 6.61 Å². The van der Waals surface area contributed by atoms with Gasteiger partial charge in [0, 0.05) is 5.56 Å². The zero-order chi connectivity index (χ0) is 22.8. The van der Waals surface area contributed by atoms with E-state index in [-0.39, 0.29) is 5.75 Å². The summed E-state index contributed by atoms with van der Waals surface area (Å²) in [5.41, 5.74) is 2.24. The third-order valence-corrected chi connectivity index (χ3v) is 7.04. The van der Waals surface area contributed by atoms with E-state index < -0.39 is 11.6 Å². The molecule has 1 aliphatic rings. The zero-order valence-corrected chi connectivity index (χ0v) is 20.0. The van der Waals surface area contributed by atoms with Crippen LogP contribution in [0.4, 0.5) is 8.78 Å². The molecule has 1 fully saturated rings. The maximum absolute atomic E-state index is 14.8. The fourth-order valence-corrected chi connectivity index (χ4v) is 4.87. The molecular formula is C29H40F2O. The van der Waals surface area contributed by atoms with E-state index in [0.717, 1.165) is 31.6 Å². The van der Waals surface area contributed by atoms with Gasteiger partial charge < -0.3 is 4.74 Å². The number of hydrogen-bond donors (Lipinski definition) is 0. The predicted molar refractivity (Wildman–Crippen MR) is 130 cm³/mol. The Morgan fingerprint density at radius 1 is 0.750 bits per heavy atom. The largest absolute Gasteiger partial charge is 0.490 e. The van der Waals surface area contributed by atoms with E-state index in [2.05, 4.69) is 13.8 Å². The molecule has 3 rings (SSSR count). The first-order chi connectivity index (χ1) is 15.6. The molecule has 32 heavy (non-hydrogen) atoms. The molecule has 0 amide bonds. The molecular weight excluding hydrogens is 402 g/mol. The molecule has 0 spiro atoms. The standard InChI is InChI=1S/C29H40F2O/c1-3-5-7-9-22-11-13-24(14-12-22)21-32-27-20-19-26(28(30)29(27)31)25-17-15-23(16-18-25)10-8-6-4-2/h15-20,22,24H,3-14,21H2,1-2H3/t22-,24-. The Labute approximate surface area is 193 Å². The Balaban J connectivity index is 1.52. The molecule has 1 nitrogen and oxygen atoms in total. The third kappa shape index (κ3) is 7.05. The number of halogens is 2. The van der Waals surface area contributed by atoms with Crippen molar-refractivity contribution in [2.45, 2.75) is 90.9 Å². The van der Waals surface area contributed by atoms with Crippen molar-refractivity contribution in [1.29, 1.82) is 0 Å². The molecule has 0 N–H and O–H groups in total. The minimum absolute atomic E-state index is 0.0347. The van der Waals surface area contributed by atoms with Gasteiger partial charge in [0.25, 0.3) is 0 Å². The molecule has 0 radical (unpaired) electrons. The summed E-state index contributed by atoms with van der Waals surface area (Å²) in [6, 6.07) is 11.0. The van der Waals surface area contributed by atoms with Gasteiger partial charge in [-0.3, -0.25) is 0 Å². The molecule has 0 aromatic heterocycles. The molecule has 3 heteroatoms. The Kier molecular flexibility index (Phi) is 10.0. The number of rotatable bonds is 12. The van der Waals surface area contributed by atoms with Crippen molar-refractivity contribution in [3.63, 3.8) is 0 Å². The number of hydrogen-bond acceptors (Lipinski definition) is 1. The van der Waals surface area contributed by atoms with Crippen LogP contribution in [0.1, 0.15) is 90.0 Å². The summed E-state index contributed by atoms with van der Waals surface area (Å²) in [5, 5.41) is 0. The van der Waals surface area contributed by atoms with Gasteiger partial charge in [-0.25, -0.2) is 4.39 Å². The second-order valence-corrected chi connectivity index (χ2v) is 9.59. The van der Waals surface area contributed by atoms with E-state index in [9.17, 15) is 8.78 Å². The lowest BCUT2D eigenvalue weighted by atomic mass is 9.80. The van der Waals surface area contributed by atoms with Crippen LogP contribution in [0.5, 0.6) is 5.75 Å². The van der Waals surface area contributed by atoms with Gasteiger partial charge in [-0.1, -0.05) is 89.5 Å². The highest BCUT2D eigenvalue weighted by atomic mass is 19.2. The van der Waals surface area contributed by atoms with Crippen molar-refractivity contribution in [3.8, 4) is 16.9 Å². The van der Waals surface area contributed by atoms with Crippen molar-refractivity contribution in [1.82, 2.24) is 0 Å². The van der Waals surface area contributed by atoms with E-state index >= 15 is 0 Å². The Bertz CT molecular complexity index is 807. The van der Waals surface area contributed by atoms with Gasteiger partial charge in [0.2, 0.25) is 5.82 Å². The normalized spacial score (nSPS) is 18.6.